The largest absolute Gasteiger partial charge is 0.481 e. The second-order valence-electron chi connectivity index (χ2n) is 5.66. The molecule has 6 heteroatoms. The Morgan fingerprint density at radius 3 is 2.86 bits per heavy atom. The summed E-state index contributed by atoms with van der Waals surface area (Å²) in [5.74, 6) is -1.25. The van der Waals surface area contributed by atoms with Crippen molar-refractivity contribution in [2.45, 2.75) is 32.1 Å². The maximum Gasteiger partial charge on any atom is 0.303 e. The minimum Gasteiger partial charge on any atom is -0.481 e. The molecule has 1 aliphatic rings. The third-order valence-electron chi connectivity index (χ3n) is 4.03. The highest BCUT2D eigenvalue weighted by Crippen LogP contribution is 2.24. The van der Waals surface area contributed by atoms with E-state index in [0.29, 0.717) is 19.5 Å². The Morgan fingerprint density at radius 2 is 2.18 bits per heavy atom. The molecule has 0 spiro atoms. The molecule has 0 saturated carbocycles. The number of hydrogen-bond acceptors (Lipinski definition) is 2. The molecule has 0 bridgehead atoms. The van der Waals surface area contributed by atoms with Gasteiger partial charge in [-0.05, 0) is 37.3 Å². The summed E-state index contributed by atoms with van der Waals surface area (Å²) in [6, 6.07) is 4.37. The van der Waals surface area contributed by atoms with Gasteiger partial charge in [0.15, 0.2) is 0 Å². The molecule has 0 radical (unpaired) electrons. The van der Waals surface area contributed by atoms with Gasteiger partial charge in [0.05, 0.1) is 6.42 Å². The highest BCUT2D eigenvalue weighted by Gasteiger charge is 2.25. The second kappa shape index (κ2) is 7.58. The van der Waals surface area contributed by atoms with Gasteiger partial charge in [-0.1, -0.05) is 17.7 Å². The molecule has 120 valence electrons. The minimum atomic E-state index is -0.818. The van der Waals surface area contributed by atoms with Gasteiger partial charge in [0.2, 0.25) is 5.91 Å². The van der Waals surface area contributed by atoms with E-state index < -0.39 is 11.8 Å². The van der Waals surface area contributed by atoms with Gasteiger partial charge in [0, 0.05) is 30.1 Å². The van der Waals surface area contributed by atoms with Gasteiger partial charge in [0.1, 0.15) is 5.82 Å². The monoisotopic (exact) mass is 327 g/mol. The van der Waals surface area contributed by atoms with E-state index in [2.05, 4.69) is 0 Å². The molecule has 4 nitrogen and oxygen atoms in total. The number of carboxylic acids is 1. The van der Waals surface area contributed by atoms with E-state index in [0.717, 1.165) is 12.8 Å². The molecule has 2 rings (SSSR count). The van der Waals surface area contributed by atoms with Crippen LogP contribution in [-0.2, 0) is 16.0 Å². The quantitative estimate of drug-likeness (QED) is 0.904. The molecule has 1 N–H and O–H groups in total. The van der Waals surface area contributed by atoms with Crippen molar-refractivity contribution in [2.24, 2.45) is 5.92 Å². The number of benzene rings is 1. The van der Waals surface area contributed by atoms with Crippen molar-refractivity contribution in [2.75, 3.05) is 13.1 Å². The summed E-state index contributed by atoms with van der Waals surface area (Å²) in [6.07, 6.45) is 2.40. The lowest BCUT2D eigenvalue weighted by Crippen LogP contribution is -2.41. The average Bonchev–Trinajstić information content (AvgIpc) is 2.49. The summed E-state index contributed by atoms with van der Waals surface area (Å²) in [4.78, 5) is 24.7. The number of amides is 1. The molecule has 1 aliphatic heterocycles. The van der Waals surface area contributed by atoms with Crippen LogP contribution in [0.15, 0.2) is 18.2 Å². The molecule has 0 aliphatic carbocycles. The number of carbonyl (C=O) groups is 2. The van der Waals surface area contributed by atoms with Crippen molar-refractivity contribution in [1.82, 2.24) is 4.90 Å². The first-order chi connectivity index (χ1) is 10.5. The Balaban J connectivity index is 1.96. The molecule has 1 saturated heterocycles. The van der Waals surface area contributed by atoms with E-state index in [-0.39, 0.29) is 35.3 Å². The number of aliphatic carboxylic acids is 1. The number of hydrogen-bond donors (Lipinski definition) is 1. The molecule has 1 amide bonds. The van der Waals surface area contributed by atoms with E-state index in [1.807, 2.05) is 0 Å². The number of rotatable bonds is 5. The highest BCUT2D eigenvalue weighted by atomic mass is 35.5. The number of likely N-dealkylation sites (tertiary alicyclic amines) is 1. The van der Waals surface area contributed by atoms with Crippen LogP contribution in [0.25, 0.3) is 0 Å². The summed E-state index contributed by atoms with van der Waals surface area (Å²) < 4.78 is 13.7. The van der Waals surface area contributed by atoms with Crippen molar-refractivity contribution in [3.8, 4) is 0 Å². The first kappa shape index (κ1) is 16.7. The predicted octanol–water partition coefficient (Wildman–Crippen LogP) is 3.13. The molecule has 1 heterocycles. The number of carboxylic acid groups (broad SMARTS) is 1. The summed E-state index contributed by atoms with van der Waals surface area (Å²) in [7, 11) is 0. The zero-order chi connectivity index (χ0) is 16.1. The van der Waals surface area contributed by atoms with Crippen LogP contribution < -0.4 is 0 Å². The summed E-state index contributed by atoms with van der Waals surface area (Å²) in [6.45, 7) is 1.17. The maximum atomic E-state index is 13.7. The van der Waals surface area contributed by atoms with Crippen LogP contribution >= 0.6 is 11.6 Å². The average molecular weight is 328 g/mol. The molecule has 1 atom stereocenters. The Hall–Kier alpha value is -1.62. The lowest BCUT2D eigenvalue weighted by Gasteiger charge is -2.32. The van der Waals surface area contributed by atoms with E-state index in [9.17, 15) is 14.0 Å². The van der Waals surface area contributed by atoms with Gasteiger partial charge in [-0.3, -0.25) is 9.59 Å². The van der Waals surface area contributed by atoms with E-state index in [1.165, 1.54) is 12.1 Å². The molecule has 0 aromatic heterocycles. The molecule has 1 aromatic rings. The van der Waals surface area contributed by atoms with Crippen LogP contribution in [0.4, 0.5) is 4.39 Å². The van der Waals surface area contributed by atoms with E-state index in [4.69, 9.17) is 16.7 Å². The van der Waals surface area contributed by atoms with Gasteiger partial charge in [0.25, 0.3) is 0 Å². The van der Waals surface area contributed by atoms with Crippen LogP contribution in [0.1, 0.15) is 31.2 Å². The van der Waals surface area contributed by atoms with Crippen LogP contribution in [-0.4, -0.2) is 35.0 Å². The normalized spacial score (nSPS) is 18.3. The smallest absolute Gasteiger partial charge is 0.303 e. The molecular formula is C16H19ClFNO3. The Morgan fingerprint density at radius 1 is 1.41 bits per heavy atom. The zero-order valence-electron chi connectivity index (χ0n) is 12.2. The van der Waals surface area contributed by atoms with Gasteiger partial charge in [-0.25, -0.2) is 4.39 Å². The Kier molecular flexibility index (Phi) is 5.77. The maximum absolute atomic E-state index is 13.7. The second-order valence-corrected chi connectivity index (χ2v) is 6.06. The van der Waals surface area contributed by atoms with Gasteiger partial charge < -0.3 is 10.0 Å². The SMILES string of the molecule is O=C(O)CCC1CCCN(C(=O)Cc2c(F)cccc2Cl)C1. The lowest BCUT2D eigenvalue weighted by atomic mass is 9.93. The number of carbonyl (C=O) groups excluding carboxylic acids is 1. The fraction of sp³-hybridized carbons (Fsp3) is 0.500. The topological polar surface area (TPSA) is 57.6 Å². The number of nitrogens with zero attached hydrogens (tertiary/aromatic N) is 1. The Bertz CT molecular complexity index is 544. The number of halogens is 2. The standard InChI is InChI=1S/C16H19ClFNO3/c17-13-4-1-5-14(18)12(13)9-15(20)19-8-2-3-11(10-19)6-7-16(21)22/h1,4-5,11H,2-3,6-10H2,(H,21,22). The predicted molar refractivity (Wildman–Crippen MR) is 81.3 cm³/mol. The minimum absolute atomic E-state index is 0.0584. The Labute approximate surface area is 133 Å². The fourth-order valence-corrected chi connectivity index (χ4v) is 3.05. The van der Waals surface area contributed by atoms with E-state index >= 15 is 0 Å². The van der Waals surface area contributed by atoms with Gasteiger partial charge >= 0.3 is 5.97 Å². The van der Waals surface area contributed by atoms with Crippen molar-refractivity contribution >= 4 is 23.5 Å². The van der Waals surface area contributed by atoms with Crippen LogP contribution in [0.5, 0.6) is 0 Å². The van der Waals surface area contributed by atoms with Crippen molar-refractivity contribution in [3.63, 3.8) is 0 Å². The fourth-order valence-electron chi connectivity index (χ4n) is 2.82. The third-order valence-corrected chi connectivity index (χ3v) is 4.38. The zero-order valence-corrected chi connectivity index (χ0v) is 13.0. The molecule has 22 heavy (non-hydrogen) atoms. The van der Waals surface area contributed by atoms with Crippen molar-refractivity contribution in [3.05, 3.63) is 34.6 Å². The number of piperidine rings is 1. The lowest BCUT2D eigenvalue weighted by molar-refractivity contribution is -0.137. The molecule has 1 fully saturated rings. The molecular weight excluding hydrogens is 309 g/mol. The summed E-state index contributed by atoms with van der Waals surface area (Å²) >= 11 is 5.95. The summed E-state index contributed by atoms with van der Waals surface area (Å²) in [5.41, 5.74) is 0.224. The summed E-state index contributed by atoms with van der Waals surface area (Å²) in [5, 5.41) is 9.00. The molecule has 1 unspecified atom stereocenters. The van der Waals surface area contributed by atoms with Gasteiger partial charge in [-0.15, -0.1) is 0 Å². The molecule has 1 aromatic carbocycles. The first-order valence-corrected chi connectivity index (χ1v) is 7.77. The van der Waals surface area contributed by atoms with Crippen LogP contribution in [0.2, 0.25) is 5.02 Å². The van der Waals surface area contributed by atoms with Crippen LogP contribution in [0, 0.1) is 11.7 Å². The van der Waals surface area contributed by atoms with Crippen molar-refractivity contribution < 1.29 is 19.1 Å². The highest BCUT2D eigenvalue weighted by molar-refractivity contribution is 6.31. The van der Waals surface area contributed by atoms with E-state index in [1.54, 1.807) is 11.0 Å². The van der Waals surface area contributed by atoms with Crippen molar-refractivity contribution in [1.29, 1.82) is 0 Å². The van der Waals surface area contributed by atoms with Crippen LogP contribution in [0.3, 0.4) is 0 Å². The third kappa shape index (κ3) is 4.44. The van der Waals surface area contributed by atoms with Gasteiger partial charge in [-0.2, -0.15) is 0 Å². The first-order valence-electron chi connectivity index (χ1n) is 7.40.